The number of aromatic nitrogens is 1. The first-order valence-corrected chi connectivity index (χ1v) is 7.34. The van der Waals surface area contributed by atoms with E-state index in [-0.39, 0.29) is 11.9 Å². The molecule has 0 radical (unpaired) electrons. The molecular weight excluding hydrogens is 266 g/mol. The number of nitrogens with two attached hydrogens (primary N) is 1. The van der Waals surface area contributed by atoms with E-state index in [1.165, 1.54) is 16.2 Å². The summed E-state index contributed by atoms with van der Waals surface area (Å²) in [6, 6.07) is 4.08. The van der Waals surface area contributed by atoms with Gasteiger partial charge in [-0.25, -0.2) is 4.98 Å². The molecule has 1 unspecified atom stereocenters. The first kappa shape index (κ1) is 13.2. The normalized spacial score (nSPS) is 12.4. The van der Waals surface area contributed by atoms with Gasteiger partial charge in [0.2, 0.25) is 0 Å². The molecule has 4 nitrogen and oxygen atoms in total. The molecule has 2 rings (SSSR count). The number of rotatable bonds is 4. The summed E-state index contributed by atoms with van der Waals surface area (Å²) in [4.78, 5) is 19.3. The van der Waals surface area contributed by atoms with E-state index in [0.29, 0.717) is 12.2 Å². The van der Waals surface area contributed by atoms with Gasteiger partial charge in [0.1, 0.15) is 10.7 Å². The summed E-state index contributed by atoms with van der Waals surface area (Å²) >= 11 is 3.07. The van der Waals surface area contributed by atoms with Crippen molar-refractivity contribution in [3.05, 3.63) is 38.5 Å². The van der Waals surface area contributed by atoms with Gasteiger partial charge in [-0.2, -0.15) is 0 Å². The van der Waals surface area contributed by atoms with E-state index in [4.69, 9.17) is 5.73 Å². The average Bonchev–Trinajstić information content (AvgIpc) is 3.06. The van der Waals surface area contributed by atoms with Crippen LogP contribution in [0, 0.1) is 0 Å². The highest BCUT2D eigenvalue weighted by molar-refractivity contribution is 7.10. The molecule has 0 fully saturated rings. The van der Waals surface area contributed by atoms with Crippen molar-refractivity contribution in [2.24, 2.45) is 5.73 Å². The van der Waals surface area contributed by atoms with Crippen molar-refractivity contribution in [1.82, 2.24) is 9.88 Å². The minimum Gasteiger partial charge on any atom is -0.333 e. The Labute approximate surface area is 114 Å². The van der Waals surface area contributed by atoms with E-state index in [2.05, 4.69) is 4.98 Å². The fourth-order valence-corrected chi connectivity index (χ4v) is 3.05. The summed E-state index contributed by atoms with van der Waals surface area (Å²) in [6.45, 7) is 2.39. The molecule has 0 spiro atoms. The van der Waals surface area contributed by atoms with Gasteiger partial charge >= 0.3 is 0 Å². The van der Waals surface area contributed by atoms with E-state index in [1.54, 1.807) is 28.7 Å². The highest BCUT2D eigenvalue weighted by Crippen LogP contribution is 2.24. The predicted molar refractivity (Wildman–Crippen MR) is 74.8 cm³/mol. The number of carbonyl (C=O) groups excluding carboxylic acids is 1. The second-order valence-corrected chi connectivity index (χ2v) is 5.86. The molecule has 2 heterocycles. The van der Waals surface area contributed by atoms with Crippen LogP contribution in [0.5, 0.6) is 0 Å². The number of hydrogen-bond acceptors (Lipinski definition) is 5. The van der Waals surface area contributed by atoms with Crippen LogP contribution in [0.1, 0.15) is 33.3 Å². The molecule has 2 aromatic rings. The van der Waals surface area contributed by atoms with Gasteiger partial charge in [0.05, 0.1) is 6.04 Å². The molecular formula is C12H15N3OS2. The fraction of sp³-hybridized carbons (Fsp3) is 0.333. The summed E-state index contributed by atoms with van der Waals surface area (Å²) in [5.41, 5.74) is 5.98. The Balaban J connectivity index is 2.13. The summed E-state index contributed by atoms with van der Waals surface area (Å²) in [6.07, 6.45) is 0. The topological polar surface area (TPSA) is 59.2 Å². The SMILES string of the molecule is CC(c1cccs1)N(C)C(=O)c1csc(CN)n1. The number of thiazole rings is 1. The van der Waals surface area contributed by atoms with Gasteiger partial charge in [0, 0.05) is 23.8 Å². The van der Waals surface area contributed by atoms with E-state index in [9.17, 15) is 4.79 Å². The lowest BCUT2D eigenvalue weighted by Crippen LogP contribution is -2.29. The second kappa shape index (κ2) is 5.60. The number of carbonyl (C=O) groups is 1. The third kappa shape index (κ3) is 2.60. The number of amides is 1. The summed E-state index contributed by atoms with van der Waals surface area (Å²) < 4.78 is 0. The van der Waals surface area contributed by atoms with Crippen LogP contribution < -0.4 is 5.73 Å². The Hall–Kier alpha value is -1.24. The van der Waals surface area contributed by atoms with Gasteiger partial charge in [0.15, 0.2) is 0 Å². The maximum atomic E-state index is 12.2. The van der Waals surface area contributed by atoms with Gasteiger partial charge in [-0.3, -0.25) is 4.79 Å². The molecule has 0 saturated carbocycles. The first-order valence-electron chi connectivity index (χ1n) is 5.58. The monoisotopic (exact) mass is 281 g/mol. The zero-order valence-corrected chi connectivity index (χ0v) is 11.9. The highest BCUT2D eigenvalue weighted by atomic mass is 32.1. The molecule has 1 amide bonds. The van der Waals surface area contributed by atoms with Crippen molar-refractivity contribution < 1.29 is 4.79 Å². The van der Waals surface area contributed by atoms with Crippen molar-refractivity contribution in [2.45, 2.75) is 19.5 Å². The summed E-state index contributed by atoms with van der Waals surface area (Å²) in [5.74, 6) is -0.0631. The molecule has 0 aromatic carbocycles. The number of nitrogens with zero attached hydrogens (tertiary/aromatic N) is 2. The van der Waals surface area contributed by atoms with Crippen LogP contribution >= 0.6 is 22.7 Å². The molecule has 2 aromatic heterocycles. The smallest absolute Gasteiger partial charge is 0.273 e. The predicted octanol–water partition coefficient (Wildman–Crippen LogP) is 2.50. The van der Waals surface area contributed by atoms with Gasteiger partial charge in [-0.1, -0.05) is 6.07 Å². The molecule has 2 N–H and O–H groups in total. The van der Waals surface area contributed by atoms with Crippen molar-refractivity contribution in [1.29, 1.82) is 0 Å². The largest absolute Gasteiger partial charge is 0.333 e. The Morgan fingerprint density at radius 1 is 1.56 bits per heavy atom. The first-order chi connectivity index (χ1) is 8.63. The van der Waals surface area contributed by atoms with Crippen LogP contribution in [0.25, 0.3) is 0 Å². The van der Waals surface area contributed by atoms with Gasteiger partial charge < -0.3 is 10.6 Å². The minimum absolute atomic E-state index is 0.0560. The molecule has 0 aliphatic heterocycles. The Morgan fingerprint density at radius 2 is 2.33 bits per heavy atom. The molecule has 6 heteroatoms. The zero-order chi connectivity index (χ0) is 13.1. The van der Waals surface area contributed by atoms with Gasteiger partial charge in [0.25, 0.3) is 5.91 Å². The third-order valence-electron chi connectivity index (χ3n) is 2.80. The molecule has 0 aliphatic rings. The maximum absolute atomic E-state index is 12.2. The number of thiophene rings is 1. The Kier molecular flexibility index (Phi) is 4.11. The van der Waals surface area contributed by atoms with Crippen LogP contribution in [0.3, 0.4) is 0 Å². The van der Waals surface area contributed by atoms with E-state index in [0.717, 1.165) is 5.01 Å². The van der Waals surface area contributed by atoms with Crippen molar-refractivity contribution in [2.75, 3.05) is 7.05 Å². The Bertz CT molecular complexity index is 521. The van der Waals surface area contributed by atoms with Crippen LogP contribution in [-0.4, -0.2) is 22.8 Å². The van der Waals surface area contributed by atoms with Crippen molar-refractivity contribution >= 4 is 28.6 Å². The molecule has 0 saturated heterocycles. The zero-order valence-electron chi connectivity index (χ0n) is 10.3. The summed E-state index contributed by atoms with van der Waals surface area (Å²) in [5, 5.41) is 4.57. The van der Waals surface area contributed by atoms with E-state index >= 15 is 0 Å². The Morgan fingerprint density at radius 3 is 2.89 bits per heavy atom. The fourth-order valence-electron chi connectivity index (χ4n) is 1.58. The molecule has 0 aliphatic carbocycles. The quantitative estimate of drug-likeness (QED) is 0.936. The van der Waals surface area contributed by atoms with Gasteiger partial charge in [-0.05, 0) is 18.4 Å². The maximum Gasteiger partial charge on any atom is 0.273 e. The number of hydrogen-bond donors (Lipinski definition) is 1. The lowest BCUT2D eigenvalue weighted by molar-refractivity contribution is 0.0739. The van der Waals surface area contributed by atoms with Crippen LogP contribution in [-0.2, 0) is 6.54 Å². The van der Waals surface area contributed by atoms with Crippen LogP contribution in [0.4, 0.5) is 0 Å². The van der Waals surface area contributed by atoms with E-state index in [1.807, 2.05) is 24.4 Å². The molecule has 1 atom stereocenters. The van der Waals surface area contributed by atoms with Crippen LogP contribution in [0.2, 0.25) is 0 Å². The standard InChI is InChI=1S/C12H15N3OS2/c1-8(10-4-3-5-17-10)15(2)12(16)9-7-18-11(6-13)14-9/h3-5,7-8H,6,13H2,1-2H3. The lowest BCUT2D eigenvalue weighted by Gasteiger charge is -2.23. The molecule has 96 valence electrons. The van der Waals surface area contributed by atoms with Crippen LogP contribution in [0.15, 0.2) is 22.9 Å². The van der Waals surface area contributed by atoms with Crippen molar-refractivity contribution in [3.8, 4) is 0 Å². The molecule has 18 heavy (non-hydrogen) atoms. The minimum atomic E-state index is -0.0631. The van der Waals surface area contributed by atoms with E-state index < -0.39 is 0 Å². The summed E-state index contributed by atoms with van der Waals surface area (Å²) in [7, 11) is 1.80. The second-order valence-electron chi connectivity index (χ2n) is 3.94. The molecule has 0 bridgehead atoms. The lowest BCUT2D eigenvalue weighted by atomic mass is 10.2. The average molecular weight is 281 g/mol. The highest BCUT2D eigenvalue weighted by Gasteiger charge is 2.21. The third-order valence-corrected chi connectivity index (χ3v) is 4.72. The van der Waals surface area contributed by atoms with Gasteiger partial charge in [-0.15, -0.1) is 22.7 Å². The van der Waals surface area contributed by atoms with Crippen molar-refractivity contribution in [3.63, 3.8) is 0 Å².